The number of alkyl carbamates (subject to hydrolysis) is 1. The molecular formula is C11H13NO3. The van der Waals surface area contributed by atoms with Crippen LogP contribution in [0, 0.1) is 6.92 Å². The smallest absolute Gasteiger partial charge is 0.407 e. The van der Waals surface area contributed by atoms with Crippen LogP contribution in [0.5, 0.6) is 5.75 Å². The van der Waals surface area contributed by atoms with Crippen molar-refractivity contribution >= 4 is 6.09 Å². The first-order chi connectivity index (χ1) is 7.20. The maximum absolute atomic E-state index is 10.9. The topological polar surface area (TPSA) is 47.6 Å². The number of carbonyl (C=O) groups is 1. The van der Waals surface area contributed by atoms with E-state index < -0.39 is 0 Å². The summed E-state index contributed by atoms with van der Waals surface area (Å²) in [7, 11) is 1.63. The van der Waals surface area contributed by atoms with Crippen molar-refractivity contribution < 1.29 is 14.3 Å². The molecule has 1 aliphatic heterocycles. The second kappa shape index (κ2) is 3.81. The van der Waals surface area contributed by atoms with Gasteiger partial charge in [0, 0.05) is 0 Å². The first-order valence-electron chi connectivity index (χ1n) is 4.78. The molecule has 1 unspecified atom stereocenters. The maximum Gasteiger partial charge on any atom is 0.407 e. The van der Waals surface area contributed by atoms with Crippen LogP contribution in [0.4, 0.5) is 4.79 Å². The van der Waals surface area contributed by atoms with Crippen LogP contribution >= 0.6 is 0 Å². The number of cyclic esters (lactones) is 1. The molecule has 4 heteroatoms. The molecule has 1 atom stereocenters. The second-order valence-electron chi connectivity index (χ2n) is 3.52. The molecule has 0 aromatic heterocycles. The van der Waals surface area contributed by atoms with Gasteiger partial charge in [0.05, 0.1) is 13.2 Å². The molecule has 1 fully saturated rings. The van der Waals surface area contributed by atoms with E-state index in [0.717, 1.165) is 16.9 Å². The van der Waals surface area contributed by atoms with Crippen LogP contribution in [0.1, 0.15) is 17.2 Å². The fraction of sp³-hybridized carbons (Fsp3) is 0.364. The Bertz CT molecular complexity index is 389. The molecule has 0 radical (unpaired) electrons. The Morgan fingerprint density at radius 1 is 1.53 bits per heavy atom. The molecule has 15 heavy (non-hydrogen) atoms. The molecule has 0 spiro atoms. The van der Waals surface area contributed by atoms with Crippen molar-refractivity contribution in [2.24, 2.45) is 0 Å². The molecule has 0 saturated carbocycles. The lowest BCUT2D eigenvalue weighted by molar-refractivity contribution is 0.177. The van der Waals surface area contributed by atoms with Gasteiger partial charge in [-0.15, -0.1) is 0 Å². The Hall–Kier alpha value is -1.71. The van der Waals surface area contributed by atoms with E-state index in [4.69, 9.17) is 9.47 Å². The monoisotopic (exact) mass is 207 g/mol. The van der Waals surface area contributed by atoms with E-state index >= 15 is 0 Å². The molecule has 1 aromatic carbocycles. The Morgan fingerprint density at radius 2 is 2.33 bits per heavy atom. The van der Waals surface area contributed by atoms with E-state index in [1.165, 1.54) is 0 Å². The van der Waals surface area contributed by atoms with Crippen LogP contribution in [0.15, 0.2) is 18.2 Å². The van der Waals surface area contributed by atoms with Gasteiger partial charge in [-0.3, -0.25) is 0 Å². The number of nitrogens with one attached hydrogen (secondary N) is 1. The van der Waals surface area contributed by atoms with Crippen LogP contribution < -0.4 is 10.1 Å². The van der Waals surface area contributed by atoms with Gasteiger partial charge in [-0.25, -0.2) is 4.79 Å². The highest BCUT2D eigenvalue weighted by atomic mass is 16.6. The number of ether oxygens (including phenoxy) is 2. The number of benzene rings is 1. The zero-order chi connectivity index (χ0) is 10.8. The first kappa shape index (κ1) is 9.83. The molecule has 2 rings (SSSR count). The van der Waals surface area contributed by atoms with E-state index in [9.17, 15) is 4.79 Å². The zero-order valence-electron chi connectivity index (χ0n) is 8.74. The summed E-state index contributed by atoms with van der Waals surface area (Å²) in [5.74, 6) is 0.827. The highest BCUT2D eigenvalue weighted by molar-refractivity contribution is 5.70. The van der Waals surface area contributed by atoms with Crippen molar-refractivity contribution in [3.8, 4) is 5.75 Å². The minimum atomic E-state index is -0.362. The third-order valence-electron chi connectivity index (χ3n) is 2.51. The van der Waals surface area contributed by atoms with Gasteiger partial charge in [0.15, 0.2) is 0 Å². The SMILES string of the molecule is COc1cc(C2COC(=O)N2)ccc1C. The van der Waals surface area contributed by atoms with Crippen LogP contribution in [-0.2, 0) is 4.74 Å². The first-order valence-corrected chi connectivity index (χ1v) is 4.78. The van der Waals surface area contributed by atoms with Gasteiger partial charge in [0.1, 0.15) is 12.4 Å². The number of aryl methyl sites for hydroxylation is 1. The maximum atomic E-state index is 10.9. The molecule has 1 heterocycles. The standard InChI is InChI=1S/C11H13NO3/c1-7-3-4-8(5-10(7)14-2)9-6-15-11(13)12-9/h3-5,9H,6H2,1-2H3,(H,12,13). The molecule has 4 nitrogen and oxygen atoms in total. The van der Waals surface area contributed by atoms with Crippen molar-refractivity contribution in [2.75, 3.05) is 13.7 Å². The predicted molar refractivity (Wildman–Crippen MR) is 55.0 cm³/mol. The van der Waals surface area contributed by atoms with Crippen molar-refractivity contribution in [1.82, 2.24) is 5.32 Å². The fourth-order valence-corrected chi connectivity index (χ4v) is 1.62. The molecule has 1 N–H and O–H groups in total. The summed E-state index contributed by atoms with van der Waals surface area (Å²) in [4.78, 5) is 10.9. The van der Waals surface area contributed by atoms with Gasteiger partial charge in [0.25, 0.3) is 0 Å². The van der Waals surface area contributed by atoms with Crippen LogP contribution in [0.25, 0.3) is 0 Å². The lowest BCUT2D eigenvalue weighted by Crippen LogP contribution is -2.18. The quantitative estimate of drug-likeness (QED) is 0.804. The van der Waals surface area contributed by atoms with E-state index in [1.54, 1.807) is 7.11 Å². The largest absolute Gasteiger partial charge is 0.496 e. The molecule has 1 saturated heterocycles. The highest BCUT2D eigenvalue weighted by Crippen LogP contribution is 2.25. The molecule has 1 aliphatic rings. The lowest BCUT2D eigenvalue weighted by Gasteiger charge is -2.11. The van der Waals surface area contributed by atoms with E-state index in [0.29, 0.717) is 6.61 Å². The molecule has 1 amide bonds. The summed E-state index contributed by atoms with van der Waals surface area (Å²) >= 11 is 0. The average Bonchev–Trinajstić information content (AvgIpc) is 2.66. The predicted octanol–water partition coefficient (Wildman–Crippen LogP) is 1.78. The average molecular weight is 207 g/mol. The van der Waals surface area contributed by atoms with Crippen LogP contribution in [-0.4, -0.2) is 19.8 Å². The van der Waals surface area contributed by atoms with Crippen molar-refractivity contribution in [3.05, 3.63) is 29.3 Å². The van der Waals surface area contributed by atoms with Gasteiger partial charge in [0.2, 0.25) is 0 Å². The third kappa shape index (κ3) is 1.88. The zero-order valence-corrected chi connectivity index (χ0v) is 8.74. The van der Waals surface area contributed by atoms with E-state index in [1.807, 2.05) is 25.1 Å². The molecule has 0 bridgehead atoms. The number of carbonyl (C=O) groups excluding carboxylic acids is 1. The lowest BCUT2D eigenvalue weighted by atomic mass is 10.1. The van der Waals surface area contributed by atoms with Gasteiger partial charge in [-0.1, -0.05) is 12.1 Å². The summed E-state index contributed by atoms with van der Waals surface area (Å²) in [6.45, 7) is 2.36. The third-order valence-corrected chi connectivity index (χ3v) is 2.51. The summed E-state index contributed by atoms with van der Waals surface area (Å²) in [6, 6.07) is 5.80. The summed E-state index contributed by atoms with van der Waals surface area (Å²) in [5, 5.41) is 2.72. The number of amides is 1. The van der Waals surface area contributed by atoms with Crippen molar-refractivity contribution in [3.63, 3.8) is 0 Å². The Balaban J connectivity index is 2.25. The fourth-order valence-electron chi connectivity index (χ4n) is 1.62. The number of hydrogen-bond acceptors (Lipinski definition) is 3. The van der Waals surface area contributed by atoms with Crippen molar-refractivity contribution in [2.45, 2.75) is 13.0 Å². The van der Waals surface area contributed by atoms with Gasteiger partial charge >= 0.3 is 6.09 Å². The molecule has 0 aliphatic carbocycles. The minimum absolute atomic E-state index is 0.0630. The summed E-state index contributed by atoms with van der Waals surface area (Å²) < 4.78 is 10.1. The number of hydrogen-bond donors (Lipinski definition) is 1. The number of methoxy groups -OCH3 is 1. The molecular weight excluding hydrogens is 194 g/mol. The highest BCUT2D eigenvalue weighted by Gasteiger charge is 2.24. The van der Waals surface area contributed by atoms with Crippen LogP contribution in [0.2, 0.25) is 0 Å². The van der Waals surface area contributed by atoms with E-state index in [-0.39, 0.29) is 12.1 Å². The Labute approximate surface area is 88.2 Å². The van der Waals surface area contributed by atoms with Gasteiger partial charge in [-0.2, -0.15) is 0 Å². The molecule has 80 valence electrons. The van der Waals surface area contributed by atoms with Gasteiger partial charge < -0.3 is 14.8 Å². The number of rotatable bonds is 2. The van der Waals surface area contributed by atoms with Crippen molar-refractivity contribution in [1.29, 1.82) is 0 Å². The summed E-state index contributed by atoms with van der Waals surface area (Å²) in [6.07, 6.45) is -0.362. The van der Waals surface area contributed by atoms with Crippen LogP contribution in [0.3, 0.4) is 0 Å². The normalized spacial score (nSPS) is 19.6. The molecule has 1 aromatic rings. The van der Waals surface area contributed by atoms with E-state index in [2.05, 4.69) is 5.32 Å². The Kier molecular flexibility index (Phi) is 2.49. The van der Waals surface area contributed by atoms with Gasteiger partial charge in [-0.05, 0) is 24.1 Å². The Morgan fingerprint density at radius 3 is 2.93 bits per heavy atom. The second-order valence-corrected chi connectivity index (χ2v) is 3.52. The summed E-state index contributed by atoms with van der Waals surface area (Å²) in [5.41, 5.74) is 2.08. The minimum Gasteiger partial charge on any atom is -0.496 e.